The number of phenolic OH excluding ortho intramolecular Hbond substituents is 1. The summed E-state index contributed by atoms with van der Waals surface area (Å²) in [6.45, 7) is 6.69. The normalized spacial score (nSPS) is 11.3. The van der Waals surface area contributed by atoms with E-state index in [2.05, 4.69) is 5.32 Å². The summed E-state index contributed by atoms with van der Waals surface area (Å²) >= 11 is 0. The molecule has 0 aliphatic heterocycles. The van der Waals surface area contributed by atoms with Crippen LogP contribution in [0.3, 0.4) is 0 Å². The average Bonchev–Trinajstić information content (AvgIpc) is 2.30. The number of rotatable bonds is 5. The number of hydrogen-bond donors (Lipinski definition) is 3. The van der Waals surface area contributed by atoms with Crippen molar-refractivity contribution < 1.29 is 14.6 Å². The maximum Gasteiger partial charge on any atom is 0.251 e. The third-order valence-corrected chi connectivity index (χ3v) is 2.50. The number of amides is 1. The van der Waals surface area contributed by atoms with E-state index in [0.29, 0.717) is 18.7 Å². The topological polar surface area (TPSA) is 84.6 Å². The van der Waals surface area contributed by atoms with Crippen LogP contribution in [0, 0.1) is 0 Å². The van der Waals surface area contributed by atoms with Gasteiger partial charge in [0.25, 0.3) is 5.91 Å². The molecule has 0 bridgehead atoms. The number of carbonyl (C=O) groups is 1. The van der Waals surface area contributed by atoms with E-state index in [1.807, 2.05) is 20.8 Å². The van der Waals surface area contributed by atoms with E-state index >= 15 is 0 Å². The van der Waals surface area contributed by atoms with Crippen molar-refractivity contribution in [3.05, 3.63) is 23.8 Å². The van der Waals surface area contributed by atoms with Gasteiger partial charge in [0.1, 0.15) is 5.75 Å². The molecule has 1 rings (SSSR count). The van der Waals surface area contributed by atoms with Crippen LogP contribution >= 0.6 is 0 Å². The lowest BCUT2D eigenvalue weighted by Crippen LogP contribution is -2.40. The number of carbonyl (C=O) groups excluding carboxylic acids is 1. The predicted molar refractivity (Wildman–Crippen MR) is 70.6 cm³/mol. The van der Waals surface area contributed by atoms with Crippen LogP contribution in [0.15, 0.2) is 18.2 Å². The Balaban J connectivity index is 2.63. The van der Waals surface area contributed by atoms with Crippen molar-refractivity contribution in [3.8, 4) is 5.75 Å². The second-order valence-corrected chi connectivity index (χ2v) is 4.65. The number of benzene rings is 1. The van der Waals surface area contributed by atoms with Crippen LogP contribution in [-0.4, -0.2) is 29.8 Å². The second-order valence-electron chi connectivity index (χ2n) is 4.65. The molecule has 100 valence electrons. The molecule has 1 amide bonds. The van der Waals surface area contributed by atoms with E-state index in [-0.39, 0.29) is 17.3 Å². The van der Waals surface area contributed by atoms with Gasteiger partial charge in [-0.2, -0.15) is 0 Å². The minimum atomic E-state index is -0.416. The summed E-state index contributed by atoms with van der Waals surface area (Å²) in [5.41, 5.74) is 5.67. The molecule has 4 N–H and O–H groups in total. The lowest BCUT2D eigenvalue weighted by Gasteiger charge is -2.24. The van der Waals surface area contributed by atoms with Crippen LogP contribution in [0.25, 0.3) is 0 Å². The van der Waals surface area contributed by atoms with Crippen LogP contribution in [0.1, 0.15) is 31.1 Å². The van der Waals surface area contributed by atoms with E-state index in [1.54, 1.807) is 6.07 Å². The number of anilines is 1. The number of ether oxygens (including phenoxy) is 1. The Morgan fingerprint density at radius 2 is 2.17 bits per heavy atom. The Morgan fingerprint density at radius 1 is 1.50 bits per heavy atom. The molecule has 0 saturated carbocycles. The molecule has 0 aliphatic carbocycles. The van der Waals surface area contributed by atoms with E-state index < -0.39 is 5.60 Å². The van der Waals surface area contributed by atoms with Crippen LogP contribution < -0.4 is 11.1 Å². The van der Waals surface area contributed by atoms with Gasteiger partial charge >= 0.3 is 0 Å². The lowest BCUT2D eigenvalue weighted by molar-refractivity contribution is -0.00815. The van der Waals surface area contributed by atoms with Gasteiger partial charge in [-0.15, -0.1) is 0 Å². The standard InChI is InChI=1S/C13H20N2O3/c1-4-18-13(2,3)8-15-12(17)9-5-6-10(14)11(16)7-9/h5-7,16H,4,8,14H2,1-3H3,(H,15,17). The third-order valence-electron chi connectivity index (χ3n) is 2.50. The van der Waals surface area contributed by atoms with Gasteiger partial charge in [-0.3, -0.25) is 4.79 Å². The summed E-state index contributed by atoms with van der Waals surface area (Å²) in [7, 11) is 0. The fourth-order valence-electron chi connectivity index (χ4n) is 1.52. The summed E-state index contributed by atoms with van der Waals surface area (Å²) in [4.78, 5) is 11.8. The zero-order chi connectivity index (χ0) is 13.8. The van der Waals surface area contributed by atoms with Crippen LogP contribution in [-0.2, 0) is 4.74 Å². The molecular formula is C13H20N2O3. The Labute approximate surface area is 107 Å². The Bertz CT molecular complexity index is 430. The number of nitrogen functional groups attached to an aromatic ring is 1. The summed E-state index contributed by atoms with van der Waals surface area (Å²) < 4.78 is 5.47. The molecule has 0 spiro atoms. The first kappa shape index (κ1) is 14.3. The number of aromatic hydroxyl groups is 1. The van der Waals surface area contributed by atoms with Crippen molar-refractivity contribution in [1.82, 2.24) is 5.32 Å². The molecule has 0 aromatic heterocycles. The van der Waals surface area contributed by atoms with E-state index in [9.17, 15) is 9.90 Å². The largest absolute Gasteiger partial charge is 0.506 e. The molecule has 0 fully saturated rings. The van der Waals surface area contributed by atoms with Gasteiger partial charge in [0.05, 0.1) is 11.3 Å². The summed E-state index contributed by atoms with van der Waals surface area (Å²) in [6, 6.07) is 4.41. The Hall–Kier alpha value is -1.75. The van der Waals surface area contributed by atoms with Crippen molar-refractivity contribution >= 4 is 11.6 Å². The lowest BCUT2D eigenvalue weighted by atomic mass is 10.1. The molecule has 0 aliphatic rings. The highest BCUT2D eigenvalue weighted by Crippen LogP contribution is 2.20. The highest BCUT2D eigenvalue weighted by atomic mass is 16.5. The molecule has 5 heteroatoms. The highest BCUT2D eigenvalue weighted by molar-refractivity contribution is 5.95. The van der Waals surface area contributed by atoms with Crippen LogP contribution in [0.2, 0.25) is 0 Å². The minimum Gasteiger partial charge on any atom is -0.506 e. The number of nitrogens with two attached hydrogens (primary N) is 1. The molecule has 18 heavy (non-hydrogen) atoms. The van der Waals surface area contributed by atoms with Crippen LogP contribution in [0.4, 0.5) is 5.69 Å². The molecule has 0 saturated heterocycles. The van der Waals surface area contributed by atoms with Gasteiger partial charge in [-0.05, 0) is 39.0 Å². The maximum atomic E-state index is 11.8. The fourth-order valence-corrected chi connectivity index (χ4v) is 1.52. The minimum absolute atomic E-state index is 0.0910. The van der Waals surface area contributed by atoms with Gasteiger partial charge in [0.15, 0.2) is 0 Å². The SMILES string of the molecule is CCOC(C)(C)CNC(=O)c1ccc(N)c(O)c1. The molecule has 0 atom stereocenters. The van der Waals surface area contributed by atoms with Gasteiger partial charge in [-0.1, -0.05) is 0 Å². The number of nitrogens with one attached hydrogen (secondary N) is 1. The number of phenols is 1. The highest BCUT2D eigenvalue weighted by Gasteiger charge is 2.19. The van der Waals surface area contributed by atoms with Gasteiger partial charge in [0.2, 0.25) is 0 Å². The average molecular weight is 252 g/mol. The van der Waals surface area contributed by atoms with E-state index in [4.69, 9.17) is 10.5 Å². The quantitative estimate of drug-likeness (QED) is 0.548. The molecule has 1 aromatic rings. The fraction of sp³-hybridized carbons (Fsp3) is 0.462. The second kappa shape index (κ2) is 5.73. The summed E-state index contributed by atoms with van der Waals surface area (Å²) in [5, 5.41) is 12.2. The molecule has 1 aromatic carbocycles. The Kier molecular flexibility index (Phi) is 4.55. The van der Waals surface area contributed by atoms with E-state index in [1.165, 1.54) is 12.1 Å². The van der Waals surface area contributed by atoms with Crippen molar-refractivity contribution in [3.63, 3.8) is 0 Å². The van der Waals surface area contributed by atoms with Crippen molar-refractivity contribution in [1.29, 1.82) is 0 Å². The molecule has 0 heterocycles. The van der Waals surface area contributed by atoms with Crippen molar-refractivity contribution in [2.24, 2.45) is 0 Å². The van der Waals surface area contributed by atoms with E-state index in [0.717, 1.165) is 0 Å². The first-order valence-electron chi connectivity index (χ1n) is 5.86. The first-order chi connectivity index (χ1) is 8.35. The zero-order valence-corrected chi connectivity index (χ0v) is 11.0. The first-order valence-corrected chi connectivity index (χ1v) is 5.86. The third kappa shape index (κ3) is 3.92. The zero-order valence-electron chi connectivity index (χ0n) is 11.0. The van der Waals surface area contributed by atoms with Crippen molar-refractivity contribution in [2.75, 3.05) is 18.9 Å². The summed E-state index contributed by atoms with van der Waals surface area (Å²) in [6.07, 6.45) is 0. The number of hydrogen-bond acceptors (Lipinski definition) is 4. The predicted octanol–water partition coefficient (Wildman–Crippen LogP) is 1.52. The monoisotopic (exact) mass is 252 g/mol. The molecule has 5 nitrogen and oxygen atoms in total. The van der Waals surface area contributed by atoms with Crippen LogP contribution in [0.5, 0.6) is 5.75 Å². The molecule has 0 radical (unpaired) electrons. The Morgan fingerprint density at radius 3 is 2.72 bits per heavy atom. The smallest absolute Gasteiger partial charge is 0.251 e. The van der Waals surface area contributed by atoms with Gasteiger partial charge < -0.3 is 20.9 Å². The van der Waals surface area contributed by atoms with Gasteiger partial charge in [0, 0.05) is 18.7 Å². The molecular weight excluding hydrogens is 232 g/mol. The summed E-state index contributed by atoms with van der Waals surface area (Å²) in [5.74, 6) is -0.357. The molecule has 0 unspecified atom stereocenters. The maximum absolute atomic E-state index is 11.8. The van der Waals surface area contributed by atoms with Gasteiger partial charge in [-0.25, -0.2) is 0 Å². The van der Waals surface area contributed by atoms with Crippen molar-refractivity contribution in [2.45, 2.75) is 26.4 Å².